The SMILES string of the molecule is O=C(Nc1ccccc1)N(Cc1cccs1)c1ccccc1Cl. The summed E-state index contributed by atoms with van der Waals surface area (Å²) in [4.78, 5) is 15.5. The molecule has 1 heterocycles. The van der Waals surface area contributed by atoms with Crippen LogP contribution in [0.4, 0.5) is 16.2 Å². The van der Waals surface area contributed by atoms with Gasteiger partial charge in [-0.25, -0.2) is 4.79 Å². The first-order valence-electron chi connectivity index (χ1n) is 7.14. The number of carbonyl (C=O) groups is 1. The molecule has 0 saturated carbocycles. The molecule has 2 aromatic carbocycles. The molecule has 3 aromatic rings. The lowest BCUT2D eigenvalue weighted by atomic mass is 10.2. The summed E-state index contributed by atoms with van der Waals surface area (Å²) >= 11 is 7.90. The average Bonchev–Trinajstić information content (AvgIpc) is 3.07. The van der Waals surface area contributed by atoms with Crippen LogP contribution < -0.4 is 10.2 Å². The second kappa shape index (κ2) is 7.31. The van der Waals surface area contributed by atoms with E-state index in [4.69, 9.17) is 11.6 Å². The number of thiophene rings is 1. The molecular weight excluding hydrogens is 328 g/mol. The van der Waals surface area contributed by atoms with E-state index in [-0.39, 0.29) is 6.03 Å². The van der Waals surface area contributed by atoms with Gasteiger partial charge in [0.05, 0.1) is 17.3 Å². The van der Waals surface area contributed by atoms with Gasteiger partial charge in [-0.2, -0.15) is 0 Å². The van der Waals surface area contributed by atoms with E-state index in [2.05, 4.69) is 5.32 Å². The molecule has 0 atom stereocenters. The van der Waals surface area contributed by atoms with E-state index in [1.54, 1.807) is 22.3 Å². The van der Waals surface area contributed by atoms with Crippen LogP contribution in [-0.4, -0.2) is 6.03 Å². The minimum Gasteiger partial charge on any atom is -0.308 e. The molecule has 116 valence electrons. The molecule has 0 aliphatic heterocycles. The number of urea groups is 1. The van der Waals surface area contributed by atoms with E-state index in [9.17, 15) is 4.79 Å². The highest BCUT2D eigenvalue weighted by molar-refractivity contribution is 7.09. The van der Waals surface area contributed by atoms with Crippen LogP contribution in [0.3, 0.4) is 0 Å². The Hall–Kier alpha value is -2.30. The van der Waals surface area contributed by atoms with Gasteiger partial charge in [-0.1, -0.05) is 48.0 Å². The molecule has 1 aromatic heterocycles. The van der Waals surface area contributed by atoms with Crippen molar-refractivity contribution in [3.8, 4) is 0 Å². The number of halogens is 1. The van der Waals surface area contributed by atoms with Gasteiger partial charge in [-0.3, -0.25) is 4.90 Å². The Balaban J connectivity index is 1.88. The van der Waals surface area contributed by atoms with E-state index in [0.717, 1.165) is 10.6 Å². The Morgan fingerprint density at radius 2 is 1.74 bits per heavy atom. The molecule has 3 rings (SSSR count). The third-order valence-corrected chi connectivity index (χ3v) is 4.49. The van der Waals surface area contributed by atoms with Gasteiger partial charge < -0.3 is 5.32 Å². The van der Waals surface area contributed by atoms with Crippen LogP contribution in [0.2, 0.25) is 5.02 Å². The quantitative estimate of drug-likeness (QED) is 0.653. The lowest BCUT2D eigenvalue weighted by molar-refractivity contribution is 0.256. The van der Waals surface area contributed by atoms with Crippen LogP contribution in [0, 0.1) is 0 Å². The number of amides is 2. The maximum atomic E-state index is 12.8. The summed E-state index contributed by atoms with van der Waals surface area (Å²) in [5.41, 5.74) is 1.44. The Bertz CT molecular complexity index is 775. The monoisotopic (exact) mass is 342 g/mol. The zero-order valence-electron chi connectivity index (χ0n) is 12.3. The molecule has 0 aliphatic carbocycles. The van der Waals surface area contributed by atoms with Crippen LogP contribution in [0.5, 0.6) is 0 Å². The third kappa shape index (κ3) is 3.92. The van der Waals surface area contributed by atoms with Gasteiger partial charge in [0, 0.05) is 10.6 Å². The zero-order valence-corrected chi connectivity index (χ0v) is 13.8. The summed E-state index contributed by atoms with van der Waals surface area (Å²) in [6.07, 6.45) is 0. The van der Waals surface area contributed by atoms with Crippen molar-refractivity contribution in [3.63, 3.8) is 0 Å². The van der Waals surface area contributed by atoms with E-state index in [1.165, 1.54) is 0 Å². The Morgan fingerprint density at radius 3 is 2.43 bits per heavy atom. The van der Waals surface area contributed by atoms with Gasteiger partial charge in [0.15, 0.2) is 0 Å². The molecule has 1 N–H and O–H groups in total. The average molecular weight is 343 g/mol. The number of nitrogens with zero attached hydrogens (tertiary/aromatic N) is 1. The lowest BCUT2D eigenvalue weighted by Gasteiger charge is -2.23. The lowest BCUT2D eigenvalue weighted by Crippen LogP contribution is -2.34. The number of benzene rings is 2. The number of carbonyl (C=O) groups excluding carboxylic acids is 1. The van der Waals surface area contributed by atoms with Crippen molar-refractivity contribution in [1.82, 2.24) is 0 Å². The van der Waals surface area contributed by atoms with Crippen molar-refractivity contribution in [1.29, 1.82) is 0 Å². The van der Waals surface area contributed by atoms with Gasteiger partial charge in [-0.15, -0.1) is 11.3 Å². The summed E-state index contributed by atoms with van der Waals surface area (Å²) in [7, 11) is 0. The van der Waals surface area contributed by atoms with Gasteiger partial charge in [0.1, 0.15) is 0 Å². The summed E-state index contributed by atoms with van der Waals surface area (Å²) in [6, 6.07) is 20.5. The van der Waals surface area contributed by atoms with Crippen molar-refractivity contribution < 1.29 is 4.79 Å². The highest BCUT2D eigenvalue weighted by Crippen LogP contribution is 2.28. The fourth-order valence-electron chi connectivity index (χ4n) is 2.21. The molecular formula is C18H15ClN2OS. The molecule has 2 amide bonds. The first-order chi connectivity index (χ1) is 11.2. The third-order valence-electron chi connectivity index (χ3n) is 3.31. The number of hydrogen-bond acceptors (Lipinski definition) is 2. The smallest absolute Gasteiger partial charge is 0.308 e. The largest absolute Gasteiger partial charge is 0.326 e. The zero-order chi connectivity index (χ0) is 16.1. The first-order valence-corrected chi connectivity index (χ1v) is 8.40. The van der Waals surface area contributed by atoms with Crippen LogP contribution in [0.1, 0.15) is 4.88 Å². The highest BCUT2D eigenvalue weighted by Gasteiger charge is 2.19. The molecule has 3 nitrogen and oxygen atoms in total. The molecule has 0 fully saturated rings. The normalized spacial score (nSPS) is 10.3. The van der Waals surface area contributed by atoms with Gasteiger partial charge in [0.25, 0.3) is 0 Å². The predicted molar refractivity (Wildman–Crippen MR) is 97.4 cm³/mol. The molecule has 0 unspecified atom stereocenters. The number of anilines is 2. The van der Waals surface area contributed by atoms with E-state index >= 15 is 0 Å². The molecule has 0 saturated heterocycles. The summed E-state index contributed by atoms with van der Waals surface area (Å²) < 4.78 is 0. The summed E-state index contributed by atoms with van der Waals surface area (Å²) in [5.74, 6) is 0. The number of hydrogen-bond donors (Lipinski definition) is 1. The van der Waals surface area contributed by atoms with Crippen molar-refractivity contribution in [2.75, 3.05) is 10.2 Å². The van der Waals surface area contributed by atoms with Crippen LogP contribution in [0.15, 0.2) is 72.1 Å². The Kier molecular flexibility index (Phi) is 4.95. The Morgan fingerprint density at radius 1 is 1.00 bits per heavy atom. The maximum absolute atomic E-state index is 12.8. The fourth-order valence-corrected chi connectivity index (χ4v) is 3.14. The van der Waals surface area contributed by atoms with Crippen molar-refractivity contribution in [2.45, 2.75) is 6.54 Å². The molecule has 0 spiro atoms. The minimum absolute atomic E-state index is 0.210. The van der Waals surface area contributed by atoms with Gasteiger partial charge in [-0.05, 0) is 35.7 Å². The van der Waals surface area contributed by atoms with Gasteiger partial charge in [0.2, 0.25) is 0 Å². The topological polar surface area (TPSA) is 32.3 Å². The van der Waals surface area contributed by atoms with E-state index in [1.807, 2.05) is 66.0 Å². The van der Waals surface area contributed by atoms with Crippen LogP contribution in [0.25, 0.3) is 0 Å². The van der Waals surface area contributed by atoms with E-state index in [0.29, 0.717) is 17.3 Å². The predicted octanol–water partition coefficient (Wildman–Crippen LogP) is 5.64. The molecule has 0 aliphatic rings. The highest BCUT2D eigenvalue weighted by atomic mass is 35.5. The molecule has 5 heteroatoms. The second-order valence-corrected chi connectivity index (χ2v) is 6.35. The number of para-hydroxylation sites is 2. The fraction of sp³-hybridized carbons (Fsp3) is 0.0556. The first kappa shape index (κ1) is 15.6. The second-order valence-electron chi connectivity index (χ2n) is 4.91. The number of rotatable bonds is 4. The Labute approximate surface area is 144 Å². The van der Waals surface area contributed by atoms with Gasteiger partial charge >= 0.3 is 6.03 Å². The van der Waals surface area contributed by atoms with Crippen molar-refractivity contribution >= 4 is 40.3 Å². The summed E-state index contributed by atoms with van der Waals surface area (Å²) in [5, 5.41) is 5.46. The summed E-state index contributed by atoms with van der Waals surface area (Å²) in [6.45, 7) is 0.472. The van der Waals surface area contributed by atoms with Crippen LogP contribution in [-0.2, 0) is 6.54 Å². The number of nitrogens with one attached hydrogen (secondary N) is 1. The molecule has 0 bridgehead atoms. The standard InChI is InChI=1S/C18H15ClN2OS/c19-16-10-4-5-11-17(16)21(13-15-9-6-12-23-15)18(22)20-14-7-2-1-3-8-14/h1-12H,13H2,(H,20,22). The van der Waals surface area contributed by atoms with Crippen molar-refractivity contribution in [3.05, 3.63) is 82.0 Å². The molecule has 0 radical (unpaired) electrons. The van der Waals surface area contributed by atoms with E-state index < -0.39 is 0 Å². The molecule has 23 heavy (non-hydrogen) atoms. The maximum Gasteiger partial charge on any atom is 0.326 e. The van der Waals surface area contributed by atoms with Crippen LogP contribution >= 0.6 is 22.9 Å². The van der Waals surface area contributed by atoms with Crippen molar-refractivity contribution in [2.24, 2.45) is 0 Å². The minimum atomic E-state index is -0.210.